The van der Waals surface area contributed by atoms with Gasteiger partial charge in [0.25, 0.3) is 0 Å². The summed E-state index contributed by atoms with van der Waals surface area (Å²) < 4.78 is 1.63. The number of carbonyl (C=O) groups is 2. The van der Waals surface area contributed by atoms with Gasteiger partial charge in [-0.2, -0.15) is 5.10 Å². The van der Waals surface area contributed by atoms with E-state index in [1.54, 1.807) is 43.1 Å². The van der Waals surface area contributed by atoms with E-state index < -0.39 is 6.04 Å². The lowest BCUT2D eigenvalue weighted by atomic mass is 10.1. The number of nitrogens with one attached hydrogen (secondary N) is 2. The molecule has 0 aliphatic rings. The number of aromatic nitrogens is 2. The van der Waals surface area contributed by atoms with Crippen molar-refractivity contribution in [3.63, 3.8) is 0 Å². The predicted octanol–water partition coefficient (Wildman–Crippen LogP) is 0.455. The van der Waals surface area contributed by atoms with Crippen molar-refractivity contribution in [3.8, 4) is 0 Å². The molecule has 128 valence electrons. The second kappa shape index (κ2) is 8.26. The number of hydrogen-bond acceptors (Lipinski definition) is 4. The van der Waals surface area contributed by atoms with Crippen LogP contribution in [0.15, 0.2) is 42.7 Å². The molecule has 7 nitrogen and oxygen atoms in total. The SMILES string of the molecule is CNC(C(=O)NCC(=O)N(C)Cc1ccccc1)c1cnn(C)c1. The Kier molecular flexibility index (Phi) is 6.08. The Balaban J connectivity index is 1.86. The van der Waals surface area contributed by atoms with E-state index in [0.29, 0.717) is 6.54 Å². The summed E-state index contributed by atoms with van der Waals surface area (Å²) in [6, 6.07) is 9.18. The zero-order valence-electron chi connectivity index (χ0n) is 14.2. The fourth-order valence-electron chi connectivity index (χ4n) is 2.38. The Bertz CT molecular complexity index is 683. The highest BCUT2D eigenvalue weighted by Gasteiger charge is 2.21. The summed E-state index contributed by atoms with van der Waals surface area (Å²) in [7, 11) is 5.20. The predicted molar refractivity (Wildman–Crippen MR) is 90.9 cm³/mol. The van der Waals surface area contributed by atoms with Crippen molar-refractivity contribution in [2.45, 2.75) is 12.6 Å². The Morgan fingerprint density at radius 2 is 2.00 bits per heavy atom. The van der Waals surface area contributed by atoms with Crippen LogP contribution in [0.5, 0.6) is 0 Å². The van der Waals surface area contributed by atoms with Crippen LogP contribution in [-0.2, 0) is 23.2 Å². The molecule has 2 amide bonds. The third-order valence-corrected chi connectivity index (χ3v) is 3.71. The van der Waals surface area contributed by atoms with Crippen LogP contribution >= 0.6 is 0 Å². The molecule has 1 heterocycles. The molecular formula is C17H23N5O2. The number of hydrogen-bond donors (Lipinski definition) is 2. The molecule has 7 heteroatoms. The fraction of sp³-hybridized carbons (Fsp3) is 0.353. The van der Waals surface area contributed by atoms with Crippen molar-refractivity contribution < 1.29 is 9.59 Å². The van der Waals surface area contributed by atoms with Gasteiger partial charge in [0.15, 0.2) is 0 Å². The number of amides is 2. The molecule has 0 aliphatic carbocycles. The van der Waals surface area contributed by atoms with Crippen LogP contribution in [0.4, 0.5) is 0 Å². The van der Waals surface area contributed by atoms with Gasteiger partial charge in [0, 0.05) is 32.4 Å². The third-order valence-electron chi connectivity index (χ3n) is 3.71. The molecule has 0 spiro atoms. The van der Waals surface area contributed by atoms with Gasteiger partial charge in [-0.1, -0.05) is 30.3 Å². The Morgan fingerprint density at radius 1 is 1.29 bits per heavy atom. The molecule has 2 aromatic rings. The standard InChI is InChI=1S/C17H23N5O2/c1-18-16(14-9-20-22(3)12-14)17(24)19-10-15(23)21(2)11-13-7-5-4-6-8-13/h4-9,12,16,18H,10-11H2,1-3H3,(H,19,24). The summed E-state index contributed by atoms with van der Waals surface area (Å²) in [4.78, 5) is 26.1. The Hall–Kier alpha value is -2.67. The fourth-order valence-corrected chi connectivity index (χ4v) is 2.38. The minimum absolute atomic E-state index is 0.0411. The zero-order chi connectivity index (χ0) is 17.5. The summed E-state index contributed by atoms with van der Waals surface area (Å²) in [5.41, 5.74) is 1.80. The van der Waals surface area contributed by atoms with Gasteiger partial charge in [0.1, 0.15) is 6.04 Å². The van der Waals surface area contributed by atoms with E-state index in [2.05, 4.69) is 15.7 Å². The number of likely N-dealkylation sites (N-methyl/N-ethyl adjacent to an activating group) is 2. The molecule has 1 atom stereocenters. The molecule has 2 rings (SSSR count). The normalized spacial score (nSPS) is 11.8. The van der Waals surface area contributed by atoms with Crippen molar-refractivity contribution in [1.29, 1.82) is 0 Å². The van der Waals surface area contributed by atoms with Crippen LogP contribution in [-0.4, -0.2) is 47.1 Å². The lowest BCUT2D eigenvalue weighted by molar-refractivity contribution is -0.132. The lowest BCUT2D eigenvalue weighted by Crippen LogP contribution is -2.42. The average molecular weight is 329 g/mol. The van der Waals surface area contributed by atoms with Gasteiger partial charge in [-0.05, 0) is 12.6 Å². The highest BCUT2D eigenvalue weighted by atomic mass is 16.2. The van der Waals surface area contributed by atoms with Crippen molar-refractivity contribution in [3.05, 3.63) is 53.9 Å². The first-order valence-corrected chi connectivity index (χ1v) is 7.72. The van der Waals surface area contributed by atoms with Crippen LogP contribution in [0.1, 0.15) is 17.2 Å². The molecule has 1 unspecified atom stereocenters. The molecule has 1 aromatic carbocycles. The first-order chi connectivity index (χ1) is 11.5. The number of carbonyl (C=O) groups excluding carboxylic acids is 2. The van der Waals surface area contributed by atoms with Crippen molar-refractivity contribution in [2.75, 3.05) is 20.6 Å². The van der Waals surface area contributed by atoms with Crippen LogP contribution in [0, 0.1) is 0 Å². The van der Waals surface area contributed by atoms with E-state index in [-0.39, 0.29) is 18.4 Å². The molecule has 1 aromatic heterocycles. The summed E-state index contributed by atoms with van der Waals surface area (Å²) in [6.45, 7) is 0.466. The molecular weight excluding hydrogens is 306 g/mol. The van der Waals surface area contributed by atoms with Crippen molar-refractivity contribution in [2.24, 2.45) is 7.05 Å². The summed E-state index contributed by atoms with van der Waals surface area (Å²) in [6.07, 6.45) is 3.40. The zero-order valence-corrected chi connectivity index (χ0v) is 14.2. The first kappa shape index (κ1) is 17.7. The number of aryl methyl sites for hydroxylation is 1. The maximum absolute atomic E-state index is 12.3. The lowest BCUT2D eigenvalue weighted by Gasteiger charge is -2.19. The largest absolute Gasteiger partial charge is 0.345 e. The molecule has 0 bridgehead atoms. The van der Waals surface area contributed by atoms with Crippen molar-refractivity contribution >= 4 is 11.8 Å². The number of benzene rings is 1. The van der Waals surface area contributed by atoms with Gasteiger partial charge >= 0.3 is 0 Å². The van der Waals surface area contributed by atoms with E-state index in [0.717, 1.165) is 11.1 Å². The molecule has 0 radical (unpaired) electrons. The third kappa shape index (κ3) is 4.66. The van der Waals surface area contributed by atoms with Gasteiger partial charge in [-0.25, -0.2) is 0 Å². The molecule has 2 N–H and O–H groups in total. The second-order valence-corrected chi connectivity index (χ2v) is 5.62. The van der Waals surface area contributed by atoms with Gasteiger partial charge in [0.2, 0.25) is 11.8 Å². The monoisotopic (exact) mass is 329 g/mol. The van der Waals surface area contributed by atoms with E-state index >= 15 is 0 Å². The van der Waals surface area contributed by atoms with E-state index in [4.69, 9.17) is 0 Å². The highest BCUT2D eigenvalue weighted by molar-refractivity contribution is 5.88. The maximum Gasteiger partial charge on any atom is 0.242 e. The quantitative estimate of drug-likeness (QED) is 0.773. The van der Waals surface area contributed by atoms with Crippen LogP contribution in [0.25, 0.3) is 0 Å². The van der Waals surface area contributed by atoms with Gasteiger partial charge in [-0.3, -0.25) is 14.3 Å². The van der Waals surface area contributed by atoms with E-state index in [1.165, 1.54) is 0 Å². The van der Waals surface area contributed by atoms with E-state index in [1.807, 2.05) is 30.3 Å². The summed E-state index contributed by atoms with van der Waals surface area (Å²) >= 11 is 0. The molecule has 24 heavy (non-hydrogen) atoms. The van der Waals surface area contributed by atoms with Crippen LogP contribution < -0.4 is 10.6 Å². The minimum atomic E-state index is -0.536. The summed E-state index contributed by atoms with van der Waals surface area (Å²) in [5.74, 6) is -0.403. The maximum atomic E-state index is 12.3. The Labute approximate surface area is 141 Å². The average Bonchev–Trinajstić information content (AvgIpc) is 3.00. The second-order valence-electron chi connectivity index (χ2n) is 5.62. The smallest absolute Gasteiger partial charge is 0.242 e. The highest BCUT2D eigenvalue weighted by Crippen LogP contribution is 2.11. The van der Waals surface area contributed by atoms with E-state index in [9.17, 15) is 9.59 Å². The molecule has 0 aliphatic heterocycles. The molecule has 0 saturated heterocycles. The molecule has 0 saturated carbocycles. The van der Waals surface area contributed by atoms with Crippen molar-refractivity contribution in [1.82, 2.24) is 25.3 Å². The van der Waals surface area contributed by atoms with Crippen LogP contribution in [0.2, 0.25) is 0 Å². The summed E-state index contributed by atoms with van der Waals surface area (Å²) in [5, 5.41) is 9.67. The Morgan fingerprint density at radius 3 is 2.58 bits per heavy atom. The number of nitrogens with zero attached hydrogens (tertiary/aromatic N) is 3. The molecule has 0 fully saturated rings. The topological polar surface area (TPSA) is 79.3 Å². The number of rotatable bonds is 7. The van der Waals surface area contributed by atoms with Gasteiger partial charge in [-0.15, -0.1) is 0 Å². The van der Waals surface area contributed by atoms with Gasteiger partial charge < -0.3 is 15.5 Å². The minimum Gasteiger partial charge on any atom is -0.345 e. The van der Waals surface area contributed by atoms with Crippen LogP contribution in [0.3, 0.4) is 0 Å². The van der Waals surface area contributed by atoms with Gasteiger partial charge in [0.05, 0.1) is 12.7 Å². The first-order valence-electron chi connectivity index (χ1n) is 7.72.